The Morgan fingerprint density at radius 1 is 0.333 bits per heavy atom. The summed E-state index contributed by atoms with van der Waals surface area (Å²) in [6, 6.07) is 0. The van der Waals surface area contributed by atoms with Gasteiger partial charge in [0, 0.05) is 25.7 Å². The number of unbranched alkanes of at least 4 members (excludes halogenated alkanes) is 32. The number of hydrogen-bond acceptors (Lipinski definition) is 15. The minimum absolute atomic E-state index is 0.102. The van der Waals surface area contributed by atoms with Crippen molar-refractivity contribution in [3.63, 3.8) is 0 Å². The lowest BCUT2D eigenvalue weighted by molar-refractivity contribution is -0.161. The molecule has 0 aromatic carbocycles. The maximum Gasteiger partial charge on any atom is 0.472 e. The van der Waals surface area contributed by atoms with E-state index in [-0.39, 0.29) is 25.7 Å². The summed E-state index contributed by atoms with van der Waals surface area (Å²) in [4.78, 5) is 72.4. The average Bonchev–Trinajstić information content (AvgIpc) is 3.67. The minimum Gasteiger partial charge on any atom is -0.462 e. The summed E-state index contributed by atoms with van der Waals surface area (Å²) in [7, 11) is -9.90. The van der Waals surface area contributed by atoms with Crippen LogP contribution in [0.25, 0.3) is 0 Å². The second-order valence-corrected chi connectivity index (χ2v) is 28.4. The van der Waals surface area contributed by atoms with E-state index < -0.39 is 97.5 Å². The van der Waals surface area contributed by atoms with Crippen LogP contribution in [0.15, 0.2) is 0 Å². The molecular weight excluding hydrogens is 1150 g/mol. The SMILES string of the molecule is CCCCCCCCCCCCCCCCCCCC(=O)O[C@H](COC(=O)CCCCCCCCCC(C)C)COP(=O)(O)OC[C@@H](O)COP(=O)(O)OC[C@@H](COC(=O)CCCCCCCCC(C)CC)OC(=O)CCCCCCCCC(C)CC. The number of phosphoric ester groups is 2. The monoisotopic (exact) mass is 1280 g/mol. The quantitative estimate of drug-likeness (QED) is 0.0222. The van der Waals surface area contributed by atoms with Gasteiger partial charge in [-0.1, -0.05) is 286 Å². The molecule has 0 aliphatic heterocycles. The van der Waals surface area contributed by atoms with Crippen molar-refractivity contribution in [3.05, 3.63) is 0 Å². The molecule has 0 radical (unpaired) electrons. The first kappa shape index (κ1) is 85.1. The molecule has 4 unspecified atom stereocenters. The largest absolute Gasteiger partial charge is 0.472 e. The van der Waals surface area contributed by atoms with Crippen molar-refractivity contribution in [2.45, 2.75) is 356 Å². The van der Waals surface area contributed by atoms with Crippen molar-refractivity contribution in [3.8, 4) is 0 Å². The standard InChI is InChI=1S/C68H132O17P2/c1-8-11-12-13-14-15-16-17-18-19-20-21-22-23-26-37-44-51-67(72)84-63(55-78-65(70)49-42-35-27-24-25-32-39-46-59(4)5)57-82-86(74,75)80-53-62(69)54-81-87(76,77)83-58-64(85-68(73)52-45-38-31-29-34-41-48-61(7)10-3)56-79-66(71)50-43-36-30-28-33-40-47-60(6)9-2/h59-64,69H,8-58H2,1-7H3,(H,74,75)(H,76,77)/t60?,61?,62-,63-,64-/m1/s1. The molecule has 0 amide bonds. The summed E-state index contributed by atoms with van der Waals surface area (Å²) in [6.07, 6.45) is 41.9. The van der Waals surface area contributed by atoms with Crippen molar-refractivity contribution in [1.82, 2.24) is 0 Å². The van der Waals surface area contributed by atoms with Gasteiger partial charge < -0.3 is 33.8 Å². The van der Waals surface area contributed by atoms with E-state index in [0.29, 0.717) is 31.6 Å². The first-order chi connectivity index (χ1) is 41.8. The molecule has 7 atom stereocenters. The van der Waals surface area contributed by atoms with Gasteiger partial charge in [-0.05, 0) is 43.4 Å². The van der Waals surface area contributed by atoms with Crippen LogP contribution in [0.2, 0.25) is 0 Å². The maximum atomic E-state index is 13.0. The number of hydrogen-bond donors (Lipinski definition) is 3. The summed E-state index contributed by atoms with van der Waals surface area (Å²) in [5, 5.41) is 10.6. The first-order valence-corrected chi connectivity index (χ1v) is 38.4. The highest BCUT2D eigenvalue weighted by Gasteiger charge is 2.30. The Morgan fingerprint density at radius 3 is 0.874 bits per heavy atom. The average molecular weight is 1280 g/mol. The third-order valence-corrected chi connectivity index (χ3v) is 18.3. The van der Waals surface area contributed by atoms with E-state index in [1.807, 2.05) is 0 Å². The molecule has 0 aliphatic rings. The van der Waals surface area contributed by atoms with Crippen LogP contribution in [0, 0.1) is 17.8 Å². The molecule has 3 N–H and O–H groups in total. The molecule has 0 rings (SSSR count). The fraction of sp³-hybridized carbons (Fsp3) is 0.941. The number of rotatable bonds is 66. The van der Waals surface area contributed by atoms with Crippen LogP contribution in [0.3, 0.4) is 0 Å². The van der Waals surface area contributed by atoms with Crippen molar-refractivity contribution < 1.29 is 80.2 Å². The Bertz CT molecular complexity index is 1720. The van der Waals surface area contributed by atoms with Crippen molar-refractivity contribution in [2.24, 2.45) is 17.8 Å². The number of aliphatic hydroxyl groups is 1. The highest BCUT2D eigenvalue weighted by Crippen LogP contribution is 2.45. The van der Waals surface area contributed by atoms with Crippen molar-refractivity contribution >= 4 is 39.5 Å². The van der Waals surface area contributed by atoms with Crippen LogP contribution in [-0.4, -0.2) is 96.7 Å². The predicted molar refractivity (Wildman–Crippen MR) is 349 cm³/mol. The molecule has 0 spiro atoms. The zero-order valence-corrected chi connectivity index (χ0v) is 58.3. The second kappa shape index (κ2) is 59.1. The molecule has 0 saturated carbocycles. The minimum atomic E-state index is -4.95. The van der Waals surface area contributed by atoms with E-state index in [1.165, 1.54) is 135 Å². The zero-order valence-electron chi connectivity index (χ0n) is 56.5. The predicted octanol–water partition coefficient (Wildman–Crippen LogP) is 19.1. The van der Waals surface area contributed by atoms with Gasteiger partial charge in [0.2, 0.25) is 0 Å². The lowest BCUT2D eigenvalue weighted by atomic mass is 10.00. The third kappa shape index (κ3) is 60.1. The summed E-state index contributed by atoms with van der Waals surface area (Å²) < 4.78 is 68.1. The Morgan fingerprint density at radius 2 is 0.586 bits per heavy atom. The van der Waals surface area contributed by atoms with E-state index in [2.05, 4.69) is 48.5 Å². The Hall–Kier alpha value is -1.94. The first-order valence-electron chi connectivity index (χ1n) is 35.4. The van der Waals surface area contributed by atoms with Gasteiger partial charge >= 0.3 is 39.5 Å². The lowest BCUT2D eigenvalue weighted by Gasteiger charge is -2.21. The van der Waals surface area contributed by atoms with E-state index in [4.69, 9.17) is 37.0 Å². The normalized spacial score (nSPS) is 14.9. The summed E-state index contributed by atoms with van der Waals surface area (Å²) in [5.74, 6) is 0.0218. The Balaban J connectivity index is 5.22. The fourth-order valence-corrected chi connectivity index (χ4v) is 11.7. The number of esters is 4. The van der Waals surface area contributed by atoms with Gasteiger partial charge in [0.05, 0.1) is 26.4 Å². The molecule has 0 heterocycles. The second-order valence-electron chi connectivity index (χ2n) is 25.5. The Labute approximate surface area is 530 Å². The van der Waals surface area contributed by atoms with Crippen molar-refractivity contribution in [2.75, 3.05) is 39.6 Å². The van der Waals surface area contributed by atoms with Gasteiger partial charge in [-0.25, -0.2) is 9.13 Å². The van der Waals surface area contributed by atoms with E-state index >= 15 is 0 Å². The molecule has 0 bridgehead atoms. The number of ether oxygens (including phenoxy) is 4. The molecule has 0 saturated heterocycles. The maximum absolute atomic E-state index is 13.0. The highest BCUT2D eigenvalue weighted by molar-refractivity contribution is 7.47. The van der Waals surface area contributed by atoms with Crippen LogP contribution in [0.5, 0.6) is 0 Å². The lowest BCUT2D eigenvalue weighted by Crippen LogP contribution is -2.30. The molecule has 87 heavy (non-hydrogen) atoms. The summed E-state index contributed by atoms with van der Waals surface area (Å²) in [5.41, 5.74) is 0. The Kier molecular flexibility index (Phi) is 57.8. The van der Waals surface area contributed by atoms with Crippen LogP contribution in [0.1, 0.15) is 337 Å². The van der Waals surface area contributed by atoms with Crippen LogP contribution < -0.4 is 0 Å². The summed E-state index contributed by atoms with van der Waals surface area (Å²) >= 11 is 0. The molecule has 0 aromatic heterocycles. The molecular formula is C68H132O17P2. The number of phosphoric acid groups is 2. The zero-order chi connectivity index (χ0) is 64.5. The van der Waals surface area contributed by atoms with Crippen molar-refractivity contribution in [1.29, 1.82) is 0 Å². The fourth-order valence-electron chi connectivity index (χ4n) is 10.1. The highest BCUT2D eigenvalue weighted by atomic mass is 31.2. The molecule has 17 nitrogen and oxygen atoms in total. The van der Waals surface area contributed by atoms with Gasteiger partial charge in [0.25, 0.3) is 0 Å². The van der Waals surface area contributed by atoms with Gasteiger partial charge in [-0.15, -0.1) is 0 Å². The van der Waals surface area contributed by atoms with E-state index in [9.17, 15) is 43.2 Å². The van der Waals surface area contributed by atoms with Gasteiger partial charge in [0.1, 0.15) is 19.3 Å². The number of carbonyl (C=O) groups is 4. The molecule has 516 valence electrons. The number of aliphatic hydroxyl groups excluding tert-OH is 1. The van der Waals surface area contributed by atoms with Gasteiger partial charge in [0.15, 0.2) is 12.2 Å². The molecule has 0 aliphatic carbocycles. The summed E-state index contributed by atoms with van der Waals surface area (Å²) in [6.45, 7) is 11.7. The van der Waals surface area contributed by atoms with Crippen LogP contribution in [0.4, 0.5) is 0 Å². The van der Waals surface area contributed by atoms with Gasteiger partial charge in [-0.3, -0.25) is 37.3 Å². The number of carbonyl (C=O) groups excluding carboxylic acids is 4. The molecule has 19 heteroatoms. The van der Waals surface area contributed by atoms with E-state index in [0.717, 1.165) is 115 Å². The molecule has 0 aromatic rings. The van der Waals surface area contributed by atoms with Crippen LogP contribution >= 0.6 is 15.6 Å². The smallest absolute Gasteiger partial charge is 0.462 e. The van der Waals surface area contributed by atoms with E-state index in [1.54, 1.807) is 0 Å². The third-order valence-electron chi connectivity index (χ3n) is 16.4. The van der Waals surface area contributed by atoms with Crippen LogP contribution in [-0.2, 0) is 65.4 Å². The molecule has 0 fully saturated rings. The van der Waals surface area contributed by atoms with Gasteiger partial charge in [-0.2, -0.15) is 0 Å². The topological polar surface area (TPSA) is 237 Å².